The van der Waals surface area contributed by atoms with Gasteiger partial charge in [0.2, 0.25) is 5.91 Å². The van der Waals surface area contributed by atoms with Crippen molar-refractivity contribution in [1.82, 2.24) is 19.7 Å². The van der Waals surface area contributed by atoms with Gasteiger partial charge in [0.1, 0.15) is 6.61 Å². The summed E-state index contributed by atoms with van der Waals surface area (Å²) >= 11 is 1.38. The normalized spacial score (nSPS) is 13.1. The molecule has 0 bridgehead atoms. The number of thioether (sulfide) groups is 1. The highest BCUT2D eigenvalue weighted by Crippen LogP contribution is 2.33. The molecule has 1 aromatic heterocycles. The first-order valence-electron chi connectivity index (χ1n) is 9.27. The van der Waals surface area contributed by atoms with E-state index >= 15 is 0 Å². The van der Waals surface area contributed by atoms with E-state index < -0.39 is 0 Å². The van der Waals surface area contributed by atoms with Crippen LogP contribution < -0.4 is 9.47 Å². The van der Waals surface area contributed by atoms with Crippen LogP contribution in [0.3, 0.4) is 0 Å². The summed E-state index contributed by atoms with van der Waals surface area (Å²) in [5, 5.41) is 9.03. The van der Waals surface area contributed by atoms with Gasteiger partial charge in [-0.25, -0.2) is 0 Å². The summed E-state index contributed by atoms with van der Waals surface area (Å²) in [7, 11) is 4.86. The van der Waals surface area contributed by atoms with Gasteiger partial charge in [-0.15, -0.1) is 16.8 Å². The van der Waals surface area contributed by atoms with Crippen LogP contribution in [0.5, 0.6) is 11.5 Å². The molecule has 1 aliphatic heterocycles. The number of ether oxygens (including phenoxy) is 3. The second-order valence-corrected chi connectivity index (χ2v) is 7.50. The Bertz CT molecular complexity index is 884. The lowest BCUT2D eigenvalue weighted by molar-refractivity contribution is -0.129. The minimum atomic E-state index is 0.0666. The van der Waals surface area contributed by atoms with Crippen LogP contribution in [-0.2, 0) is 35.6 Å². The molecule has 3 rings (SSSR count). The quantitative estimate of drug-likeness (QED) is 0.457. The van der Waals surface area contributed by atoms with Gasteiger partial charge in [-0.05, 0) is 29.7 Å². The number of benzene rings is 1. The molecule has 29 heavy (non-hydrogen) atoms. The summed E-state index contributed by atoms with van der Waals surface area (Å²) in [5.41, 5.74) is 2.28. The van der Waals surface area contributed by atoms with Crippen LogP contribution in [0, 0.1) is 0 Å². The van der Waals surface area contributed by atoms with Crippen molar-refractivity contribution < 1.29 is 19.0 Å². The van der Waals surface area contributed by atoms with Gasteiger partial charge in [0.15, 0.2) is 22.5 Å². The van der Waals surface area contributed by atoms with E-state index in [1.54, 1.807) is 27.4 Å². The molecule has 1 aliphatic rings. The highest BCUT2D eigenvalue weighted by atomic mass is 32.2. The van der Waals surface area contributed by atoms with Crippen molar-refractivity contribution in [3.8, 4) is 11.5 Å². The molecule has 0 unspecified atom stereocenters. The van der Waals surface area contributed by atoms with Crippen LogP contribution in [-0.4, -0.2) is 59.2 Å². The third-order valence-electron chi connectivity index (χ3n) is 4.77. The average Bonchev–Trinajstić information content (AvgIpc) is 3.12. The second kappa shape index (κ2) is 9.80. The summed E-state index contributed by atoms with van der Waals surface area (Å²) < 4.78 is 17.8. The maximum absolute atomic E-state index is 12.8. The van der Waals surface area contributed by atoms with Gasteiger partial charge in [0, 0.05) is 26.7 Å². The van der Waals surface area contributed by atoms with E-state index in [2.05, 4.69) is 16.8 Å². The fraction of sp³-hybridized carbons (Fsp3) is 0.450. The third-order valence-corrected chi connectivity index (χ3v) is 5.73. The van der Waals surface area contributed by atoms with Crippen molar-refractivity contribution in [1.29, 1.82) is 0 Å². The molecule has 9 heteroatoms. The number of methoxy groups -OCH3 is 3. The number of hydrogen-bond acceptors (Lipinski definition) is 7. The number of carbonyl (C=O) groups excluding carboxylic acids is 1. The van der Waals surface area contributed by atoms with E-state index in [9.17, 15) is 4.79 Å². The van der Waals surface area contributed by atoms with Gasteiger partial charge in [0.25, 0.3) is 0 Å². The van der Waals surface area contributed by atoms with Gasteiger partial charge in [-0.2, -0.15) is 0 Å². The molecule has 2 aromatic rings. The topological polar surface area (TPSA) is 78.7 Å². The minimum Gasteiger partial charge on any atom is -0.493 e. The van der Waals surface area contributed by atoms with E-state index in [1.807, 2.05) is 21.6 Å². The fourth-order valence-electron chi connectivity index (χ4n) is 3.29. The Morgan fingerprint density at radius 3 is 2.59 bits per heavy atom. The first kappa shape index (κ1) is 21.2. The molecule has 0 N–H and O–H groups in total. The third kappa shape index (κ3) is 4.73. The molecule has 0 atom stereocenters. The number of rotatable bonds is 9. The van der Waals surface area contributed by atoms with E-state index in [-0.39, 0.29) is 5.91 Å². The number of aromatic nitrogens is 3. The maximum Gasteiger partial charge on any atom is 0.233 e. The van der Waals surface area contributed by atoms with Gasteiger partial charge in [-0.3, -0.25) is 4.79 Å². The number of allylic oxidation sites excluding steroid dienone is 1. The molecule has 2 heterocycles. The fourth-order valence-corrected chi connectivity index (χ4v) is 4.16. The van der Waals surface area contributed by atoms with Gasteiger partial charge in [0.05, 0.1) is 20.0 Å². The highest BCUT2D eigenvalue weighted by Gasteiger charge is 2.23. The Balaban J connectivity index is 1.66. The summed E-state index contributed by atoms with van der Waals surface area (Å²) in [6.07, 6.45) is 2.56. The number of hydrogen-bond donors (Lipinski definition) is 0. The molecule has 0 fully saturated rings. The summed E-state index contributed by atoms with van der Waals surface area (Å²) in [6, 6.07) is 3.96. The zero-order valence-electron chi connectivity index (χ0n) is 17.0. The first-order valence-corrected chi connectivity index (χ1v) is 10.3. The average molecular weight is 419 g/mol. The molecule has 0 saturated heterocycles. The van der Waals surface area contributed by atoms with E-state index in [1.165, 1.54) is 17.3 Å². The zero-order valence-corrected chi connectivity index (χ0v) is 17.8. The molecule has 0 aliphatic carbocycles. The van der Waals surface area contributed by atoms with Crippen LogP contribution in [0.25, 0.3) is 0 Å². The molecule has 0 radical (unpaired) electrons. The molecule has 8 nitrogen and oxygen atoms in total. The lowest BCUT2D eigenvalue weighted by Crippen LogP contribution is -2.37. The Morgan fingerprint density at radius 1 is 1.21 bits per heavy atom. The van der Waals surface area contributed by atoms with Crippen LogP contribution in [0.1, 0.15) is 17.0 Å². The number of fused-ring (bicyclic) bond motifs is 1. The zero-order chi connectivity index (χ0) is 20.8. The molecular formula is C20H26N4O4S. The highest BCUT2D eigenvalue weighted by molar-refractivity contribution is 7.99. The van der Waals surface area contributed by atoms with Gasteiger partial charge >= 0.3 is 0 Å². The van der Waals surface area contributed by atoms with Gasteiger partial charge in [-0.1, -0.05) is 17.8 Å². The van der Waals surface area contributed by atoms with Crippen molar-refractivity contribution in [3.63, 3.8) is 0 Å². The Kier molecular flexibility index (Phi) is 7.16. The van der Waals surface area contributed by atoms with Gasteiger partial charge < -0.3 is 23.7 Å². The minimum absolute atomic E-state index is 0.0666. The van der Waals surface area contributed by atoms with Crippen molar-refractivity contribution in [2.45, 2.75) is 31.3 Å². The Labute approximate surface area is 174 Å². The smallest absolute Gasteiger partial charge is 0.233 e. The second-order valence-electron chi connectivity index (χ2n) is 6.56. The lowest BCUT2D eigenvalue weighted by Gasteiger charge is -2.29. The Morgan fingerprint density at radius 2 is 1.93 bits per heavy atom. The van der Waals surface area contributed by atoms with E-state index in [0.29, 0.717) is 42.9 Å². The summed E-state index contributed by atoms with van der Waals surface area (Å²) in [6.45, 7) is 5.94. The molecule has 1 aromatic carbocycles. The SMILES string of the molecule is C=CCn1c(COC)nnc1SCC(=O)N1CCc2cc(OC)c(OC)cc2C1. The summed E-state index contributed by atoms with van der Waals surface area (Å²) in [4.78, 5) is 14.7. The number of amides is 1. The molecular weight excluding hydrogens is 392 g/mol. The van der Waals surface area contributed by atoms with Crippen LogP contribution in [0.2, 0.25) is 0 Å². The molecule has 1 amide bonds. The van der Waals surface area contributed by atoms with Crippen LogP contribution >= 0.6 is 11.8 Å². The predicted molar refractivity (Wildman–Crippen MR) is 110 cm³/mol. The maximum atomic E-state index is 12.8. The van der Waals surface area contributed by atoms with E-state index in [4.69, 9.17) is 14.2 Å². The monoisotopic (exact) mass is 418 g/mol. The van der Waals surface area contributed by atoms with Crippen molar-refractivity contribution in [3.05, 3.63) is 41.7 Å². The van der Waals surface area contributed by atoms with Crippen molar-refractivity contribution in [2.24, 2.45) is 0 Å². The molecule has 0 spiro atoms. The number of carbonyl (C=O) groups is 1. The molecule has 156 valence electrons. The largest absolute Gasteiger partial charge is 0.493 e. The standard InChI is InChI=1S/C20H26N4O4S/c1-5-7-24-18(12-26-2)21-22-20(24)29-13-19(25)23-8-6-14-9-16(27-3)17(28-4)10-15(14)11-23/h5,9-10H,1,6-8,11-13H2,2-4H3. The predicted octanol–water partition coefficient (Wildman–Crippen LogP) is 2.30. The van der Waals surface area contributed by atoms with E-state index in [0.717, 1.165) is 23.6 Å². The van der Waals surface area contributed by atoms with Crippen LogP contribution in [0.15, 0.2) is 29.9 Å². The summed E-state index contributed by atoms with van der Waals surface area (Å²) in [5.74, 6) is 2.48. The Hall–Kier alpha value is -2.52. The van der Waals surface area contributed by atoms with Crippen molar-refractivity contribution >= 4 is 17.7 Å². The molecule has 0 saturated carbocycles. The van der Waals surface area contributed by atoms with Crippen molar-refractivity contribution in [2.75, 3.05) is 33.6 Å². The van der Waals surface area contributed by atoms with Crippen LogP contribution in [0.4, 0.5) is 0 Å². The first-order chi connectivity index (χ1) is 14.1. The number of nitrogens with zero attached hydrogens (tertiary/aromatic N) is 4. The lowest BCUT2D eigenvalue weighted by atomic mass is 9.99.